The molecule has 0 saturated carbocycles. The number of nitrogens with zero attached hydrogens (tertiary/aromatic N) is 1. The first-order valence-electron chi connectivity index (χ1n) is 3.46. The number of rotatable bonds is 1. The van der Waals surface area contributed by atoms with Gasteiger partial charge in [-0.15, -0.1) is 0 Å². The van der Waals surface area contributed by atoms with Crippen LogP contribution in [0.3, 0.4) is 0 Å². The monoisotopic (exact) mass is 225 g/mol. The third-order valence-corrected chi connectivity index (χ3v) is 1.57. The summed E-state index contributed by atoms with van der Waals surface area (Å²) in [7, 11) is 0. The fraction of sp³-hybridized carbons (Fsp3) is 0.125. The third-order valence-electron chi connectivity index (χ3n) is 1.27. The molecule has 14 heavy (non-hydrogen) atoms. The standard InChI is InChI=1S/C8H4ClF4N/c9-7(8(11,12)13)14-6-3-1-2-5(10)4-6/h1-4H/b14-7+. The molecule has 0 atom stereocenters. The highest BCUT2D eigenvalue weighted by atomic mass is 35.5. The van der Waals surface area contributed by atoms with Gasteiger partial charge in [0.05, 0.1) is 5.69 Å². The number of alkyl halides is 3. The van der Waals surface area contributed by atoms with Crippen molar-refractivity contribution in [3.63, 3.8) is 0 Å². The Labute approximate surface area is 82.0 Å². The first-order valence-corrected chi connectivity index (χ1v) is 3.84. The van der Waals surface area contributed by atoms with Gasteiger partial charge in [-0.05, 0) is 18.2 Å². The smallest absolute Gasteiger partial charge is 0.232 e. The number of hydrogen-bond donors (Lipinski definition) is 0. The lowest BCUT2D eigenvalue weighted by atomic mass is 10.3. The van der Waals surface area contributed by atoms with E-state index in [4.69, 9.17) is 11.6 Å². The molecule has 1 aromatic carbocycles. The average Bonchev–Trinajstić information content (AvgIpc) is 2.02. The Morgan fingerprint density at radius 1 is 1.29 bits per heavy atom. The summed E-state index contributed by atoms with van der Waals surface area (Å²) in [5.74, 6) is -0.669. The zero-order chi connectivity index (χ0) is 10.8. The molecular formula is C8H4ClF4N. The quantitative estimate of drug-likeness (QED) is 0.511. The highest BCUT2D eigenvalue weighted by molar-refractivity contribution is 6.67. The van der Waals surface area contributed by atoms with Gasteiger partial charge in [0, 0.05) is 0 Å². The summed E-state index contributed by atoms with van der Waals surface area (Å²) in [5.41, 5.74) is -0.174. The predicted octanol–water partition coefficient (Wildman–Crippen LogP) is 3.66. The van der Waals surface area contributed by atoms with Crippen molar-refractivity contribution in [3.05, 3.63) is 30.1 Å². The van der Waals surface area contributed by atoms with Crippen LogP contribution < -0.4 is 0 Å². The molecule has 1 nitrogen and oxygen atoms in total. The highest BCUT2D eigenvalue weighted by Crippen LogP contribution is 2.23. The van der Waals surface area contributed by atoms with Gasteiger partial charge in [-0.25, -0.2) is 9.38 Å². The molecule has 0 bridgehead atoms. The van der Waals surface area contributed by atoms with Crippen LogP contribution in [-0.4, -0.2) is 11.3 Å². The molecule has 0 radical (unpaired) electrons. The summed E-state index contributed by atoms with van der Waals surface area (Å²) in [6.45, 7) is 0. The molecule has 0 unspecified atom stereocenters. The Hall–Kier alpha value is -1.10. The van der Waals surface area contributed by atoms with Crippen LogP contribution in [0.4, 0.5) is 23.2 Å². The molecule has 0 aliphatic heterocycles. The van der Waals surface area contributed by atoms with Crippen LogP contribution >= 0.6 is 11.6 Å². The predicted molar refractivity (Wildman–Crippen MR) is 45.4 cm³/mol. The minimum Gasteiger partial charge on any atom is -0.232 e. The molecule has 0 aromatic heterocycles. The van der Waals surface area contributed by atoms with Crippen LogP contribution in [0.1, 0.15) is 0 Å². The molecule has 0 aliphatic rings. The van der Waals surface area contributed by atoms with E-state index in [9.17, 15) is 17.6 Å². The van der Waals surface area contributed by atoms with Crippen molar-refractivity contribution < 1.29 is 17.6 Å². The lowest BCUT2D eigenvalue weighted by Crippen LogP contribution is -2.16. The first-order chi connectivity index (χ1) is 6.39. The van der Waals surface area contributed by atoms with Crippen molar-refractivity contribution in [3.8, 4) is 0 Å². The fourth-order valence-electron chi connectivity index (χ4n) is 0.722. The normalized spacial score (nSPS) is 13.1. The Balaban J connectivity index is 2.98. The van der Waals surface area contributed by atoms with Crippen LogP contribution in [0.5, 0.6) is 0 Å². The second-order valence-electron chi connectivity index (χ2n) is 2.38. The van der Waals surface area contributed by atoms with Gasteiger partial charge in [-0.2, -0.15) is 13.2 Å². The van der Waals surface area contributed by atoms with Gasteiger partial charge in [0.15, 0.2) is 0 Å². The Morgan fingerprint density at radius 3 is 2.43 bits per heavy atom. The summed E-state index contributed by atoms with van der Waals surface area (Å²) >= 11 is 4.85. The lowest BCUT2D eigenvalue weighted by molar-refractivity contribution is -0.0558. The lowest BCUT2D eigenvalue weighted by Gasteiger charge is -2.02. The second-order valence-corrected chi connectivity index (χ2v) is 2.74. The van der Waals surface area contributed by atoms with Gasteiger partial charge < -0.3 is 0 Å². The van der Waals surface area contributed by atoms with Crippen molar-refractivity contribution in [2.75, 3.05) is 0 Å². The van der Waals surface area contributed by atoms with Gasteiger partial charge in [0.1, 0.15) is 5.82 Å². The number of benzene rings is 1. The van der Waals surface area contributed by atoms with Crippen molar-refractivity contribution in [1.29, 1.82) is 0 Å². The van der Waals surface area contributed by atoms with Crippen LogP contribution in [0.15, 0.2) is 29.3 Å². The fourth-order valence-corrected chi connectivity index (χ4v) is 0.820. The summed E-state index contributed by atoms with van der Waals surface area (Å²) in [5, 5.41) is -1.52. The van der Waals surface area contributed by atoms with Gasteiger partial charge in [0.2, 0.25) is 5.17 Å². The summed E-state index contributed by atoms with van der Waals surface area (Å²) in [6.07, 6.45) is -4.70. The summed E-state index contributed by atoms with van der Waals surface area (Å²) < 4.78 is 48.2. The van der Waals surface area contributed by atoms with Crippen molar-refractivity contribution in [2.24, 2.45) is 4.99 Å². The van der Waals surface area contributed by atoms with E-state index >= 15 is 0 Å². The zero-order valence-electron chi connectivity index (χ0n) is 6.65. The molecule has 0 aliphatic carbocycles. The van der Waals surface area contributed by atoms with E-state index < -0.39 is 17.2 Å². The van der Waals surface area contributed by atoms with Crippen molar-refractivity contribution in [2.45, 2.75) is 6.18 Å². The van der Waals surface area contributed by atoms with E-state index in [2.05, 4.69) is 4.99 Å². The molecular weight excluding hydrogens is 222 g/mol. The maximum Gasteiger partial charge on any atom is 0.444 e. The minimum atomic E-state index is -4.70. The molecule has 1 rings (SSSR count). The number of aliphatic imine (C=N–C) groups is 1. The van der Waals surface area contributed by atoms with E-state index in [-0.39, 0.29) is 5.69 Å². The summed E-state index contributed by atoms with van der Waals surface area (Å²) in [4.78, 5) is 3.01. The van der Waals surface area contributed by atoms with E-state index in [0.717, 1.165) is 12.1 Å². The van der Waals surface area contributed by atoms with Crippen LogP contribution in [0.25, 0.3) is 0 Å². The average molecular weight is 226 g/mol. The van der Waals surface area contributed by atoms with Crippen LogP contribution in [-0.2, 0) is 0 Å². The molecule has 0 spiro atoms. The Morgan fingerprint density at radius 2 is 1.93 bits per heavy atom. The van der Waals surface area contributed by atoms with E-state index in [1.807, 2.05) is 0 Å². The maximum atomic E-state index is 12.5. The van der Waals surface area contributed by atoms with Gasteiger partial charge in [-0.3, -0.25) is 0 Å². The number of hydrogen-bond acceptors (Lipinski definition) is 1. The molecule has 0 saturated heterocycles. The van der Waals surface area contributed by atoms with E-state index in [0.29, 0.717) is 0 Å². The summed E-state index contributed by atoms with van der Waals surface area (Å²) in [6, 6.07) is 4.42. The third kappa shape index (κ3) is 2.99. The van der Waals surface area contributed by atoms with Gasteiger partial charge >= 0.3 is 6.18 Å². The Kier molecular flexibility index (Phi) is 3.10. The van der Waals surface area contributed by atoms with E-state index in [1.165, 1.54) is 12.1 Å². The number of halogens is 5. The SMILES string of the molecule is Fc1cccc(/N=C(/Cl)C(F)(F)F)c1. The molecule has 0 N–H and O–H groups in total. The first kappa shape index (κ1) is 11.0. The minimum absolute atomic E-state index is 0.174. The molecule has 6 heteroatoms. The molecule has 0 fully saturated rings. The van der Waals surface area contributed by atoms with Gasteiger partial charge in [0.25, 0.3) is 0 Å². The highest BCUT2D eigenvalue weighted by Gasteiger charge is 2.34. The topological polar surface area (TPSA) is 12.4 Å². The van der Waals surface area contributed by atoms with Crippen LogP contribution in [0.2, 0.25) is 0 Å². The molecule has 0 heterocycles. The van der Waals surface area contributed by atoms with E-state index in [1.54, 1.807) is 0 Å². The molecule has 0 amide bonds. The largest absolute Gasteiger partial charge is 0.444 e. The maximum absolute atomic E-state index is 12.5. The van der Waals surface area contributed by atoms with Crippen molar-refractivity contribution >= 4 is 22.5 Å². The van der Waals surface area contributed by atoms with Crippen LogP contribution in [0, 0.1) is 5.82 Å². The molecule has 1 aromatic rings. The van der Waals surface area contributed by atoms with Crippen molar-refractivity contribution in [1.82, 2.24) is 0 Å². The molecule has 76 valence electrons. The second kappa shape index (κ2) is 3.96. The Bertz CT molecular complexity index is 359. The zero-order valence-corrected chi connectivity index (χ0v) is 7.40. The van der Waals surface area contributed by atoms with Gasteiger partial charge in [-0.1, -0.05) is 17.7 Å².